The van der Waals surface area contributed by atoms with Crippen molar-refractivity contribution in [1.82, 2.24) is 14.9 Å². The van der Waals surface area contributed by atoms with Crippen molar-refractivity contribution in [1.29, 1.82) is 0 Å². The molecule has 0 saturated carbocycles. The lowest BCUT2D eigenvalue weighted by Gasteiger charge is -2.35. The predicted octanol–water partition coefficient (Wildman–Crippen LogP) is 3.98. The third-order valence-corrected chi connectivity index (χ3v) is 5.73. The third-order valence-electron chi connectivity index (χ3n) is 5.73. The summed E-state index contributed by atoms with van der Waals surface area (Å²) in [6.45, 7) is 2.19. The molecule has 0 saturated heterocycles. The van der Waals surface area contributed by atoms with Gasteiger partial charge in [-0.25, -0.2) is 9.78 Å². The molecule has 0 bridgehead atoms. The van der Waals surface area contributed by atoms with E-state index >= 15 is 0 Å². The first-order chi connectivity index (χ1) is 16.0. The fraction of sp³-hybridized carbons (Fsp3) is 0.160. The molecular weight excluding hydrogens is 420 g/mol. The van der Waals surface area contributed by atoms with Crippen LogP contribution in [0.25, 0.3) is 11.0 Å². The first-order valence-corrected chi connectivity index (χ1v) is 10.6. The van der Waals surface area contributed by atoms with E-state index in [1.165, 1.54) is 4.90 Å². The van der Waals surface area contributed by atoms with Gasteiger partial charge in [-0.3, -0.25) is 15.0 Å². The minimum Gasteiger partial charge on any atom is -0.450 e. The summed E-state index contributed by atoms with van der Waals surface area (Å²) in [7, 11) is 0. The molecule has 1 unspecified atom stereocenters. The number of carbonyl (C=O) groups excluding carboxylic acids is 2. The molecule has 4 aromatic rings. The molecule has 2 heterocycles. The van der Waals surface area contributed by atoms with E-state index in [4.69, 9.17) is 4.74 Å². The number of hydrogen-bond acceptors (Lipinski definition) is 5. The smallest absolute Gasteiger partial charge is 0.413 e. The van der Waals surface area contributed by atoms with Gasteiger partial charge in [-0.05, 0) is 30.7 Å². The zero-order valence-corrected chi connectivity index (χ0v) is 17.9. The van der Waals surface area contributed by atoms with Gasteiger partial charge in [-0.2, -0.15) is 0 Å². The first kappa shape index (κ1) is 20.7. The van der Waals surface area contributed by atoms with Gasteiger partial charge >= 0.3 is 6.09 Å². The van der Waals surface area contributed by atoms with Crippen LogP contribution in [0.3, 0.4) is 0 Å². The van der Waals surface area contributed by atoms with Crippen LogP contribution in [0.4, 0.5) is 10.7 Å². The molecule has 0 radical (unpaired) electrons. The molecule has 3 N–H and O–H groups in total. The van der Waals surface area contributed by atoms with E-state index in [0.29, 0.717) is 27.7 Å². The number of aliphatic hydroxyl groups is 1. The highest BCUT2D eigenvalue weighted by atomic mass is 16.5. The highest BCUT2D eigenvalue weighted by molar-refractivity contribution is 6.00. The van der Waals surface area contributed by atoms with Crippen LogP contribution in [0.5, 0.6) is 0 Å². The van der Waals surface area contributed by atoms with Gasteiger partial charge in [0.2, 0.25) is 5.95 Å². The Labute approximate surface area is 189 Å². The van der Waals surface area contributed by atoms with Crippen LogP contribution >= 0.6 is 0 Å². The zero-order valence-electron chi connectivity index (χ0n) is 17.9. The topological polar surface area (TPSA) is 108 Å². The molecule has 2 amide bonds. The number of H-pyrrole nitrogens is 1. The molecule has 1 aliphatic heterocycles. The van der Waals surface area contributed by atoms with E-state index in [1.807, 2.05) is 30.3 Å². The van der Waals surface area contributed by atoms with Gasteiger partial charge in [-0.1, -0.05) is 54.6 Å². The lowest BCUT2D eigenvalue weighted by atomic mass is 9.93. The molecule has 3 aromatic carbocycles. The number of aromatic amines is 1. The third kappa shape index (κ3) is 3.50. The number of hydrogen-bond donors (Lipinski definition) is 3. The van der Waals surface area contributed by atoms with Gasteiger partial charge < -0.3 is 14.8 Å². The van der Waals surface area contributed by atoms with Crippen molar-refractivity contribution in [2.45, 2.75) is 19.2 Å². The summed E-state index contributed by atoms with van der Waals surface area (Å²) in [6.07, 6.45) is -0.611. The molecule has 1 atom stereocenters. The SMILES string of the molecule is CCOC(=O)Nc1nc2cc(C3(O)c4ccccc4C(=O)N3Cc3ccccc3)ccc2[nH]1. The van der Waals surface area contributed by atoms with Gasteiger partial charge in [0.25, 0.3) is 5.91 Å². The summed E-state index contributed by atoms with van der Waals surface area (Å²) in [6, 6.07) is 21.8. The molecule has 1 aromatic heterocycles. The molecule has 0 fully saturated rings. The maximum atomic E-state index is 13.3. The number of ether oxygens (including phenoxy) is 1. The summed E-state index contributed by atoms with van der Waals surface area (Å²) < 4.78 is 4.89. The maximum absolute atomic E-state index is 13.3. The van der Waals surface area contributed by atoms with Crippen molar-refractivity contribution in [3.63, 3.8) is 0 Å². The number of rotatable bonds is 5. The highest BCUT2D eigenvalue weighted by Crippen LogP contribution is 2.43. The lowest BCUT2D eigenvalue weighted by molar-refractivity contribution is -0.0542. The Hall–Kier alpha value is -4.17. The summed E-state index contributed by atoms with van der Waals surface area (Å²) in [5, 5.41) is 14.6. The van der Waals surface area contributed by atoms with Gasteiger partial charge in [0.05, 0.1) is 17.6 Å². The van der Waals surface area contributed by atoms with Crippen LogP contribution < -0.4 is 5.32 Å². The minimum atomic E-state index is -1.68. The Morgan fingerprint density at radius 2 is 1.88 bits per heavy atom. The molecule has 8 nitrogen and oxygen atoms in total. The van der Waals surface area contributed by atoms with Crippen molar-refractivity contribution in [3.05, 3.63) is 95.1 Å². The quantitative estimate of drug-likeness (QED) is 0.433. The van der Waals surface area contributed by atoms with Crippen molar-refractivity contribution < 1.29 is 19.4 Å². The largest absolute Gasteiger partial charge is 0.450 e. The minimum absolute atomic E-state index is 0.233. The Morgan fingerprint density at radius 3 is 2.67 bits per heavy atom. The van der Waals surface area contributed by atoms with Gasteiger partial charge in [0, 0.05) is 23.2 Å². The fourth-order valence-corrected chi connectivity index (χ4v) is 4.22. The van der Waals surface area contributed by atoms with Crippen LogP contribution in [0, 0.1) is 0 Å². The molecule has 33 heavy (non-hydrogen) atoms. The number of amides is 2. The van der Waals surface area contributed by atoms with E-state index in [2.05, 4.69) is 15.3 Å². The molecule has 5 rings (SSSR count). The molecular formula is C25H22N4O4. The predicted molar refractivity (Wildman–Crippen MR) is 122 cm³/mol. The standard InChI is InChI=1S/C25H22N4O4/c1-2-33-24(31)28-23-26-20-13-12-17(14-21(20)27-23)25(32)19-11-7-6-10-18(19)22(30)29(25)15-16-8-4-3-5-9-16/h3-14,32H,2,15H2,1H3,(H2,26,27,28,31). The molecule has 0 aliphatic carbocycles. The lowest BCUT2D eigenvalue weighted by Crippen LogP contribution is -2.44. The van der Waals surface area contributed by atoms with Gasteiger partial charge in [-0.15, -0.1) is 0 Å². The Morgan fingerprint density at radius 1 is 1.12 bits per heavy atom. The average Bonchev–Trinajstić information content (AvgIpc) is 3.32. The van der Waals surface area contributed by atoms with Crippen molar-refractivity contribution in [2.24, 2.45) is 0 Å². The number of carbonyl (C=O) groups is 2. The monoisotopic (exact) mass is 442 g/mol. The van der Waals surface area contributed by atoms with Crippen molar-refractivity contribution in [3.8, 4) is 0 Å². The Kier molecular flexibility index (Phi) is 5.07. The van der Waals surface area contributed by atoms with Crippen LogP contribution in [-0.4, -0.2) is 38.6 Å². The number of anilines is 1. The number of fused-ring (bicyclic) bond motifs is 2. The van der Waals surface area contributed by atoms with E-state index < -0.39 is 11.8 Å². The summed E-state index contributed by atoms with van der Waals surface area (Å²) >= 11 is 0. The fourth-order valence-electron chi connectivity index (χ4n) is 4.22. The van der Waals surface area contributed by atoms with E-state index in [0.717, 1.165) is 5.56 Å². The Balaban J connectivity index is 1.58. The second-order valence-electron chi connectivity index (χ2n) is 7.76. The molecule has 8 heteroatoms. The number of nitrogens with one attached hydrogen (secondary N) is 2. The zero-order chi connectivity index (χ0) is 23.0. The first-order valence-electron chi connectivity index (χ1n) is 10.6. The average molecular weight is 442 g/mol. The van der Waals surface area contributed by atoms with Crippen LogP contribution in [0.15, 0.2) is 72.8 Å². The molecule has 1 aliphatic rings. The highest BCUT2D eigenvalue weighted by Gasteiger charge is 2.49. The number of nitrogens with zero attached hydrogens (tertiary/aromatic N) is 2. The van der Waals surface area contributed by atoms with Crippen LogP contribution in [0.1, 0.15) is 34.0 Å². The van der Waals surface area contributed by atoms with Crippen LogP contribution in [0.2, 0.25) is 0 Å². The van der Waals surface area contributed by atoms with Gasteiger partial charge in [0.15, 0.2) is 5.72 Å². The summed E-state index contributed by atoms with van der Waals surface area (Å²) in [4.78, 5) is 33.9. The van der Waals surface area contributed by atoms with Crippen molar-refractivity contribution in [2.75, 3.05) is 11.9 Å². The van der Waals surface area contributed by atoms with E-state index in [9.17, 15) is 14.7 Å². The number of imidazole rings is 1. The summed E-state index contributed by atoms with van der Waals surface area (Å²) in [5.74, 6) is -0.0135. The molecule has 166 valence electrons. The van der Waals surface area contributed by atoms with Crippen LogP contribution in [-0.2, 0) is 17.0 Å². The number of benzene rings is 3. The number of aromatic nitrogens is 2. The normalized spacial score (nSPS) is 17.3. The van der Waals surface area contributed by atoms with Crippen molar-refractivity contribution >= 4 is 29.0 Å². The maximum Gasteiger partial charge on any atom is 0.413 e. The Bertz CT molecular complexity index is 1350. The molecule has 0 spiro atoms. The second kappa shape index (κ2) is 8.07. The summed E-state index contributed by atoms with van der Waals surface area (Å²) in [5.41, 5.74) is 1.90. The van der Waals surface area contributed by atoms with Gasteiger partial charge in [0.1, 0.15) is 0 Å². The second-order valence-corrected chi connectivity index (χ2v) is 7.76. The van der Waals surface area contributed by atoms with E-state index in [1.54, 1.807) is 49.4 Å². The van der Waals surface area contributed by atoms with E-state index in [-0.39, 0.29) is 25.0 Å².